The van der Waals surface area contributed by atoms with E-state index < -0.39 is 23.4 Å². The molecule has 1 aromatic carbocycles. The highest BCUT2D eigenvalue weighted by Crippen LogP contribution is 2.18. The van der Waals surface area contributed by atoms with Crippen LogP contribution < -0.4 is 10.6 Å². The second kappa shape index (κ2) is 6.45. The molecule has 0 heterocycles. The largest absolute Gasteiger partial charge is 0.345 e. The van der Waals surface area contributed by atoms with Crippen LogP contribution in [0.2, 0.25) is 0 Å². The molecule has 1 aliphatic carbocycles. The Bertz CT molecular complexity index is 514. The summed E-state index contributed by atoms with van der Waals surface area (Å²) >= 11 is 0. The highest BCUT2D eigenvalue weighted by Gasteiger charge is 2.21. The maximum absolute atomic E-state index is 13.3. The number of hydrogen-bond acceptors (Lipinski definition) is 2. The second-order valence-corrected chi connectivity index (χ2v) is 4.89. The normalized spacial score (nSPS) is 15.7. The molecule has 1 aromatic rings. The van der Waals surface area contributed by atoms with E-state index in [1.165, 1.54) is 0 Å². The first kappa shape index (κ1) is 14.4. The lowest BCUT2D eigenvalue weighted by Gasteiger charge is -2.22. The molecule has 0 unspecified atom stereocenters. The molecule has 2 N–H and O–H groups in total. The van der Waals surface area contributed by atoms with Gasteiger partial charge in [-0.25, -0.2) is 8.78 Å². The molecule has 0 saturated heterocycles. The Kier molecular flexibility index (Phi) is 4.65. The Balaban J connectivity index is 1.91. The van der Waals surface area contributed by atoms with Crippen LogP contribution in [0.15, 0.2) is 18.2 Å². The lowest BCUT2D eigenvalue weighted by atomic mass is 9.95. The molecule has 1 saturated carbocycles. The number of nitrogens with one attached hydrogen (secondary N) is 2. The number of rotatable bonds is 2. The molecule has 0 aromatic heterocycles. The van der Waals surface area contributed by atoms with Gasteiger partial charge in [0.05, 0.1) is 5.69 Å². The fraction of sp³-hybridized carbons (Fsp3) is 0.429. The van der Waals surface area contributed by atoms with Crippen molar-refractivity contribution in [3.05, 3.63) is 29.8 Å². The minimum atomic E-state index is -0.943. The average Bonchev–Trinajstić information content (AvgIpc) is 2.43. The molecule has 0 bridgehead atoms. The third kappa shape index (κ3) is 3.76. The predicted octanol–water partition coefficient (Wildman–Crippen LogP) is 2.35. The summed E-state index contributed by atoms with van der Waals surface area (Å²) in [6, 6.07) is 2.74. The van der Waals surface area contributed by atoms with Crippen molar-refractivity contribution in [1.82, 2.24) is 5.32 Å². The van der Waals surface area contributed by atoms with Gasteiger partial charge >= 0.3 is 11.8 Å². The minimum Gasteiger partial charge on any atom is -0.345 e. The van der Waals surface area contributed by atoms with Crippen molar-refractivity contribution in [2.24, 2.45) is 0 Å². The first-order valence-corrected chi connectivity index (χ1v) is 6.63. The number of carbonyl (C=O) groups excluding carboxylic acids is 2. The van der Waals surface area contributed by atoms with Crippen LogP contribution in [0.1, 0.15) is 32.1 Å². The van der Waals surface area contributed by atoms with Gasteiger partial charge in [0, 0.05) is 12.1 Å². The first-order chi connectivity index (χ1) is 9.56. The van der Waals surface area contributed by atoms with Gasteiger partial charge in [-0.15, -0.1) is 0 Å². The standard InChI is InChI=1S/C14H16F2N2O2/c15-9-6-7-12(11(16)8-9)18-14(20)13(19)17-10-4-2-1-3-5-10/h6-8,10H,1-5H2,(H,17,19)(H,18,20). The Morgan fingerprint density at radius 3 is 2.40 bits per heavy atom. The molecule has 108 valence electrons. The van der Waals surface area contributed by atoms with E-state index in [9.17, 15) is 18.4 Å². The summed E-state index contributed by atoms with van der Waals surface area (Å²) in [6.07, 6.45) is 4.89. The number of hydrogen-bond donors (Lipinski definition) is 2. The second-order valence-electron chi connectivity index (χ2n) is 4.89. The summed E-state index contributed by atoms with van der Waals surface area (Å²) < 4.78 is 26.1. The summed E-state index contributed by atoms with van der Waals surface area (Å²) in [7, 11) is 0. The molecule has 2 rings (SSSR count). The van der Waals surface area contributed by atoms with E-state index >= 15 is 0 Å². The van der Waals surface area contributed by atoms with Crippen LogP contribution in [-0.4, -0.2) is 17.9 Å². The van der Waals surface area contributed by atoms with Gasteiger partial charge in [0.25, 0.3) is 0 Å². The Labute approximate surface area is 115 Å². The zero-order valence-corrected chi connectivity index (χ0v) is 10.9. The highest BCUT2D eigenvalue weighted by molar-refractivity contribution is 6.39. The summed E-state index contributed by atoms with van der Waals surface area (Å²) in [5.41, 5.74) is -0.213. The third-order valence-corrected chi connectivity index (χ3v) is 3.33. The van der Waals surface area contributed by atoms with Crippen molar-refractivity contribution in [1.29, 1.82) is 0 Å². The fourth-order valence-electron chi connectivity index (χ4n) is 2.27. The molecular formula is C14H16F2N2O2. The SMILES string of the molecule is O=C(Nc1ccc(F)cc1F)C(=O)NC1CCCCC1. The lowest BCUT2D eigenvalue weighted by molar-refractivity contribution is -0.136. The van der Waals surface area contributed by atoms with Crippen molar-refractivity contribution >= 4 is 17.5 Å². The van der Waals surface area contributed by atoms with Crippen LogP contribution >= 0.6 is 0 Å². The quantitative estimate of drug-likeness (QED) is 0.818. The zero-order chi connectivity index (χ0) is 14.5. The van der Waals surface area contributed by atoms with Crippen LogP contribution in [0.25, 0.3) is 0 Å². The molecule has 0 atom stereocenters. The molecule has 1 aliphatic rings. The maximum atomic E-state index is 13.3. The minimum absolute atomic E-state index is 0.0000599. The van der Waals surface area contributed by atoms with E-state index in [1.54, 1.807) is 0 Å². The molecule has 6 heteroatoms. The van der Waals surface area contributed by atoms with Crippen LogP contribution in [0.4, 0.5) is 14.5 Å². The van der Waals surface area contributed by atoms with Crippen molar-refractivity contribution in [2.45, 2.75) is 38.1 Å². The molecule has 0 aliphatic heterocycles. The number of amides is 2. The Hall–Kier alpha value is -1.98. The summed E-state index contributed by atoms with van der Waals surface area (Å²) in [4.78, 5) is 23.3. The van der Waals surface area contributed by atoms with Gasteiger partial charge in [0.1, 0.15) is 11.6 Å². The van der Waals surface area contributed by atoms with E-state index in [-0.39, 0.29) is 11.7 Å². The monoisotopic (exact) mass is 282 g/mol. The summed E-state index contributed by atoms with van der Waals surface area (Å²) in [5.74, 6) is -3.39. The van der Waals surface area contributed by atoms with Gasteiger partial charge in [-0.3, -0.25) is 9.59 Å². The van der Waals surface area contributed by atoms with Crippen molar-refractivity contribution in [3.8, 4) is 0 Å². The van der Waals surface area contributed by atoms with Crippen molar-refractivity contribution in [2.75, 3.05) is 5.32 Å². The molecular weight excluding hydrogens is 266 g/mol. The third-order valence-electron chi connectivity index (χ3n) is 3.33. The summed E-state index contributed by atoms with van der Waals surface area (Å²) in [5, 5.41) is 4.76. The van der Waals surface area contributed by atoms with Gasteiger partial charge in [0.2, 0.25) is 0 Å². The summed E-state index contributed by atoms with van der Waals surface area (Å²) in [6.45, 7) is 0. The van der Waals surface area contributed by atoms with Crippen LogP contribution in [0.5, 0.6) is 0 Å². The van der Waals surface area contributed by atoms with E-state index in [0.29, 0.717) is 6.07 Å². The van der Waals surface area contributed by atoms with Gasteiger partial charge in [-0.05, 0) is 25.0 Å². The molecule has 2 amide bonds. The van der Waals surface area contributed by atoms with Gasteiger partial charge < -0.3 is 10.6 Å². The number of carbonyl (C=O) groups is 2. The van der Waals surface area contributed by atoms with E-state index in [0.717, 1.165) is 44.2 Å². The maximum Gasteiger partial charge on any atom is 0.313 e. The zero-order valence-electron chi connectivity index (χ0n) is 10.9. The van der Waals surface area contributed by atoms with Crippen LogP contribution in [-0.2, 0) is 9.59 Å². The molecule has 20 heavy (non-hydrogen) atoms. The van der Waals surface area contributed by atoms with Gasteiger partial charge in [-0.2, -0.15) is 0 Å². The molecule has 4 nitrogen and oxygen atoms in total. The van der Waals surface area contributed by atoms with Crippen LogP contribution in [0.3, 0.4) is 0 Å². The smallest absolute Gasteiger partial charge is 0.313 e. The van der Waals surface area contributed by atoms with Crippen LogP contribution in [0, 0.1) is 11.6 Å². The van der Waals surface area contributed by atoms with E-state index in [4.69, 9.17) is 0 Å². The van der Waals surface area contributed by atoms with Gasteiger partial charge in [-0.1, -0.05) is 19.3 Å². The van der Waals surface area contributed by atoms with Gasteiger partial charge in [0.15, 0.2) is 0 Å². The topological polar surface area (TPSA) is 58.2 Å². The lowest BCUT2D eigenvalue weighted by Crippen LogP contribution is -2.42. The first-order valence-electron chi connectivity index (χ1n) is 6.63. The molecule has 1 fully saturated rings. The molecule has 0 radical (unpaired) electrons. The molecule has 0 spiro atoms. The number of halogens is 2. The Morgan fingerprint density at radius 2 is 1.75 bits per heavy atom. The highest BCUT2D eigenvalue weighted by atomic mass is 19.1. The fourth-order valence-corrected chi connectivity index (χ4v) is 2.27. The Morgan fingerprint density at radius 1 is 1.05 bits per heavy atom. The van der Waals surface area contributed by atoms with Crippen molar-refractivity contribution in [3.63, 3.8) is 0 Å². The average molecular weight is 282 g/mol. The van der Waals surface area contributed by atoms with E-state index in [1.807, 2.05) is 0 Å². The number of anilines is 1. The number of benzene rings is 1. The van der Waals surface area contributed by atoms with Crippen molar-refractivity contribution < 1.29 is 18.4 Å². The predicted molar refractivity (Wildman–Crippen MR) is 70.0 cm³/mol. The van der Waals surface area contributed by atoms with E-state index in [2.05, 4.69) is 10.6 Å².